The fourth-order valence-corrected chi connectivity index (χ4v) is 4.07. The molecule has 0 bridgehead atoms. The van der Waals surface area contributed by atoms with Crippen LogP contribution in [0.5, 0.6) is 11.5 Å². The van der Waals surface area contributed by atoms with Crippen molar-refractivity contribution in [2.24, 2.45) is 0 Å². The lowest BCUT2D eigenvalue weighted by atomic mass is 10.1. The first-order valence-corrected chi connectivity index (χ1v) is 11.1. The van der Waals surface area contributed by atoms with E-state index in [0.29, 0.717) is 47.1 Å². The number of ether oxygens (including phenoxy) is 2. The van der Waals surface area contributed by atoms with E-state index in [2.05, 4.69) is 15.9 Å². The molecule has 1 amide bonds. The van der Waals surface area contributed by atoms with Crippen LogP contribution in [0.15, 0.2) is 46.6 Å². The van der Waals surface area contributed by atoms with Gasteiger partial charge in [0.15, 0.2) is 16.6 Å². The Morgan fingerprint density at radius 3 is 2.47 bits per heavy atom. The van der Waals surface area contributed by atoms with Gasteiger partial charge in [-0.05, 0) is 83.5 Å². The number of halogens is 2. The summed E-state index contributed by atoms with van der Waals surface area (Å²) >= 11 is 14.9. The number of carbonyl (C=O) groups is 1. The summed E-state index contributed by atoms with van der Waals surface area (Å²) in [6.07, 6.45) is 1.81. The molecule has 0 atom stereocenters. The summed E-state index contributed by atoms with van der Waals surface area (Å²) in [7, 11) is 1.80. The van der Waals surface area contributed by atoms with Gasteiger partial charge in [0.1, 0.15) is 12.3 Å². The number of benzene rings is 2. The predicted molar refractivity (Wildman–Crippen MR) is 127 cm³/mol. The van der Waals surface area contributed by atoms with E-state index in [1.807, 2.05) is 50.2 Å². The summed E-state index contributed by atoms with van der Waals surface area (Å²) < 4.78 is 12.6. The Labute approximate surface area is 195 Å². The minimum absolute atomic E-state index is 0.109. The van der Waals surface area contributed by atoms with E-state index in [4.69, 9.17) is 33.3 Å². The number of nitrogens with zero attached hydrogens (tertiary/aromatic N) is 2. The molecule has 158 valence electrons. The predicted octanol–water partition coefficient (Wildman–Crippen LogP) is 5.50. The number of amides is 1. The van der Waals surface area contributed by atoms with E-state index in [1.54, 1.807) is 22.9 Å². The summed E-state index contributed by atoms with van der Waals surface area (Å²) in [5.74, 6) is 1.09. The zero-order chi connectivity index (χ0) is 21.8. The third kappa shape index (κ3) is 4.79. The minimum Gasteiger partial charge on any atom is -0.490 e. The van der Waals surface area contributed by atoms with Crippen molar-refractivity contribution in [2.75, 3.05) is 20.2 Å². The van der Waals surface area contributed by atoms with Crippen LogP contribution >= 0.6 is 39.7 Å². The summed E-state index contributed by atoms with van der Waals surface area (Å²) in [6.45, 7) is 5.20. The van der Waals surface area contributed by atoms with Gasteiger partial charge in [0.25, 0.3) is 5.91 Å². The van der Waals surface area contributed by atoms with E-state index in [1.165, 1.54) is 0 Å². The minimum atomic E-state index is -0.109. The normalized spacial score (nSPS) is 15.3. The average Bonchev–Trinajstić information content (AvgIpc) is 2.91. The molecule has 0 aromatic heterocycles. The number of hydrogen-bond acceptors (Lipinski definition) is 4. The van der Waals surface area contributed by atoms with Crippen molar-refractivity contribution in [3.05, 3.63) is 62.7 Å². The fourth-order valence-electron chi connectivity index (χ4n) is 3.06. The molecule has 5 nitrogen and oxygen atoms in total. The third-order valence-electron chi connectivity index (χ3n) is 4.59. The molecular formula is C22H22BrClN2O3S. The van der Waals surface area contributed by atoms with Crippen LogP contribution in [-0.2, 0) is 11.4 Å². The second-order valence-corrected chi connectivity index (χ2v) is 8.25. The zero-order valence-electron chi connectivity index (χ0n) is 16.9. The van der Waals surface area contributed by atoms with Crippen LogP contribution in [-0.4, -0.2) is 41.0 Å². The second-order valence-electron chi connectivity index (χ2n) is 6.60. The van der Waals surface area contributed by atoms with Gasteiger partial charge in [-0.2, -0.15) is 0 Å². The lowest BCUT2D eigenvalue weighted by Crippen LogP contribution is -2.30. The second kappa shape index (κ2) is 9.81. The van der Waals surface area contributed by atoms with E-state index in [0.717, 1.165) is 15.6 Å². The first-order valence-electron chi connectivity index (χ1n) is 9.50. The highest BCUT2D eigenvalue weighted by Gasteiger charge is 2.34. The Morgan fingerprint density at radius 1 is 1.17 bits per heavy atom. The first kappa shape index (κ1) is 22.6. The summed E-state index contributed by atoms with van der Waals surface area (Å²) in [5, 5.41) is 1.18. The number of likely N-dealkylation sites (N-methyl/N-ethyl adjacent to an activating group) is 2. The van der Waals surface area contributed by atoms with Gasteiger partial charge < -0.3 is 14.4 Å². The van der Waals surface area contributed by atoms with Crippen molar-refractivity contribution in [1.82, 2.24) is 9.80 Å². The maximum absolute atomic E-state index is 12.7. The largest absolute Gasteiger partial charge is 0.490 e. The molecule has 1 heterocycles. The van der Waals surface area contributed by atoms with Gasteiger partial charge >= 0.3 is 0 Å². The Morgan fingerprint density at radius 2 is 1.87 bits per heavy atom. The molecule has 1 aliphatic rings. The molecule has 0 aliphatic carbocycles. The molecule has 3 rings (SSSR count). The number of carbonyl (C=O) groups excluding carboxylic acids is 1. The van der Waals surface area contributed by atoms with Crippen molar-refractivity contribution in [3.63, 3.8) is 0 Å². The van der Waals surface area contributed by atoms with E-state index in [-0.39, 0.29) is 5.91 Å². The summed E-state index contributed by atoms with van der Waals surface area (Å²) in [4.78, 5) is 16.0. The highest BCUT2D eigenvalue weighted by Crippen LogP contribution is 2.38. The lowest BCUT2D eigenvalue weighted by Gasteiger charge is -2.15. The smallest absolute Gasteiger partial charge is 0.276 e. The molecule has 0 spiro atoms. The van der Waals surface area contributed by atoms with Gasteiger partial charge in [0, 0.05) is 18.6 Å². The molecule has 30 heavy (non-hydrogen) atoms. The molecule has 1 fully saturated rings. The van der Waals surface area contributed by atoms with Crippen molar-refractivity contribution in [3.8, 4) is 11.5 Å². The molecule has 1 aliphatic heterocycles. The van der Waals surface area contributed by atoms with Crippen molar-refractivity contribution >= 4 is 56.8 Å². The van der Waals surface area contributed by atoms with Crippen LogP contribution in [0.3, 0.4) is 0 Å². The van der Waals surface area contributed by atoms with Gasteiger partial charge in [0.05, 0.1) is 11.1 Å². The van der Waals surface area contributed by atoms with Crippen LogP contribution in [0.1, 0.15) is 25.0 Å². The number of thiocarbonyl (C=S) groups is 1. The molecule has 2 aromatic rings. The molecule has 2 aromatic carbocycles. The van der Waals surface area contributed by atoms with E-state index in [9.17, 15) is 4.79 Å². The van der Waals surface area contributed by atoms with Gasteiger partial charge in [-0.1, -0.05) is 23.7 Å². The Balaban J connectivity index is 1.90. The summed E-state index contributed by atoms with van der Waals surface area (Å²) in [6, 6.07) is 11.2. The van der Waals surface area contributed by atoms with Crippen molar-refractivity contribution < 1.29 is 14.3 Å². The van der Waals surface area contributed by atoms with Crippen molar-refractivity contribution in [2.45, 2.75) is 20.5 Å². The number of rotatable bonds is 7. The topological polar surface area (TPSA) is 42.0 Å². The molecule has 0 unspecified atom stereocenters. The molecule has 1 saturated heterocycles. The van der Waals surface area contributed by atoms with E-state index < -0.39 is 0 Å². The highest BCUT2D eigenvalue weighted by molar-refractivity contribution is 9.10. The molecular weight excluding hydrogens is 488 g/mol. The monoisotopic (exact) mass is 508 g/mol. The average molecular weight is 510 g/mol. The maximum Gasteiger partial charge on any atom is 0.276 e. The Bertz CT molecular complexity index is 995. The molecule has 0 radical (unpaired) electrons. The SMILES string of the molecule is CCOc1cc(/C=C2/C(=O)N(CC)C(=S)N2C)cc(Br)c1OCc1ccc(Cl)cc1. The lowest BCUT2D eigenvalue weighted by molar-refractivity contribution is -0.122. The fraction of sp³-hybridized carbons (Fsp3) is 0.273. The van der Waals surface area contributed by atoms with Crippen LogP contribution in [0.2, 0.25) is 5.02 Å². The third-order valence-corrected chi connectivity index (χ3v) is 5.93. The van der Waals surface area contributed by atoms with Crippen molar-refractivity contribution in [1.29, 1.82) is 0 Å². The van der Waals surface area contributed by atoms with Crippen LogP contribution in [0.25, 0.3) is 6.08 Å². The number of hydrogen-bond donors (Lipinski definition) is 0. The van der Waals surface area contributed by atoms with Gasteiger partial charge in [-0.15, -0.1) is 0 Å². The molecule has 0 N–H and O–H groups in total. The van der Waals surface area contributed by atoms with Gasteiger partial charge in [-0.25, -0.2) is 0 Å². The van der Waals surface area contributed by atoms with Crippen LogP contribution in [0, 0.1) is 0 Å². The Kier molecular flexibility index (Phi) is 7.39. The quantitative estimate of drug-likeness (QED) is 0.364. The zero-order valence-corrected chi connectivity index (χ0v) is 20.1. The van der Waals surface area contributed by atoms with Gasteiger partial charge in [-0.3, -0.25) is 9.69 Å². The van der Waals surface area contributed by atoms with Gasteiger partial charge in [0.2, 0.25) is 0 Å². The van der Waals surface area contributed by atoms with Crippen LogP contribution in [0.4, 0.5) is 0 Å². The molecule has 0 saturated carbocycles. The van der Waals surface area contributed by atoms with Crippen LogP contribution < -0.4 is 9.47 Å². The maximum atomic E-state index is 12.7. The standard InChI is InChI=1S/C22H22BrClN2O3S/c1-4-26-21(27)18(25(3)22(26)30)11-15-10-17(23)20(19(12-15)28-5-2)29-13-14-6-8-16(24)9-7-14/h6-12H,4-5,13H2,1-3H3/b18-11-. The highest BCUT2D eigenvalue weighted by atomic mass is 79.9. The summed E-state index contributed by atoms with van der Waals surface area (Å²) in [5.41, 5.74) is 2.32. The molecule has 8 heteroatoms. The Hall–Kier alpha value is -2.09. The van der Waals surface area contributed by atoms with E-state index >= 15 is 0 Å². The first-order chi connectivity index (χ1) is 14.3.